The molecule has 0 unspecified atom stereocenters. The summed E-state index contributed by atoms with van der Waals surface area (Å²) in [6, 6.07) is 8.17. The highest BCUT2D eigenvalue weighted by Crippen LogP contribution is 2.21. The summed E-state index contributed by atoms with van der Waals surface area (Å²) in [7, 11) is 0. The number of aromatic hydroxyl groups is 1. The number of carbonyl (C=O) groups is 1. The number of phenolic OH excluding ortho intramolecular Hbond substituents is 1. The second-order valence-electron chi connectivity index (χ2n) is 3.92. The minimum Gasteiger partial charge on any atom is -0.508 e. The molecule has 0 radical (unpaired) electrons. The first-order chi connectivity index (χ1) is 8.61. The van der Waals surface area contributed by atoms with E-state index in [0.717, 1.165) is 0 Å². The van der Waals surface area contributed by atoms with E-state index < -0.39 is 0 Å². The molecule has 0 bridgehead atoms. The van der Waals surface area contributed by atoms with Crippen LogP contribution in [0.2, 0.25) is 0 Å². The Kier molecular flexibility index (Phi) is 3.23. The van der Waals surface area contributed by atoms with Crippen LogP contribution < -0.4 is 10.6 Å². The molecule has 18 heavy (non-hydrogen) atoms. The third-order valence-corrected chi connectivity index (χ3v) is 2.64. The normalized spacial score (nSPS) is 10.3. The van der Waals surface area contributed by atoms with Gasteiger partial charge in [0, 0.05) is 30.2 Å². The van der Waals surface area contributed by atoms with Crippen molar-refractivity contribution in [1.82, 2.24) is 4.98 Å². The van der Waals surface area contributed by atoms with Gasteiger partial charge in [-0.2, -0.15) is 0 Å². The number of amides is 1. The molecule has 5 nitrogen and oxygen atoms in total. The van der Waals surface area contributed by atoms with Crippen LogP contribution in [0.1, 0.15) is 17.4 Å². The molecular weight excluding hydrogens is 230 g/mol. The van der Waals surface area contributed by atoms with E-state index in [1.807, 2.05) is 6.92 Å². The van der Waals surface area contributed by atoms with E-state index in [4.69, 9.17) is 5.73 Å². The molecule has 1 amide bonds. The third-order valence-electron chi connectivity index (χ3n) is 2.64. The van der Waals surface area contributed by atoms with Crippen molar-refractivity contribution >= 4 is 17.3 Å². The molecule has 1 aromatic heterocycles. The van der Waals surface area contributed by atoms with E-state index in [0.29, 0.717) is 23.6 Å². The van der Waals surface area contributed by atoms with Gasteiger partial charge < -0.3 is 20.7 Å². The van der Waals surface area contributed by atoms with E-state index in [-0.39, 0.29) is 11.7 Å². The van der Waals surface area contributed by atoms with E-state index in [1.54, 1.807) is 41.4 Å². The molecule has 1 aromatic carbocycles. The Morgan fingerprint density at radius 1 is 1.44 bits per heavy atom. The first-order valence-corrected chi connectivity index (χ1v) is 5.66. The molecule has 0 saturated carbocycles. The lowest BCUT2D eigenvalue weighted by molar-refractivity contribution is 0.0984. The number of nitrogens with one attached hydrogen (secondary N) is 1. The molecule has 0 aliphatic heterocycles. The number of phenols is 1. The number of anilines is 2. The monoisotopic (exact) mass is 245 g/mol. The lowest BCUT2D eigenvalue weighted by Gasteiger charge is -2.20. The van der Waals surface area contributed by atoms with Crippen LogP contribution in [0.25, 0.3) is 0 Å². The summed E-state index contributed by atoms with van der Waals surface area (Å²) >= 11 is 0. The first kappa shape index (κ1) is 12.0. The highest BCUT2D eigenvalue weighted by molar-refractivity contribution is 6.05. The van der Waals surface area contributed by atoms with Gasteiger partial charge in [-0.1, -0.05) is 6.07 Å². The highest BCUT2D eigenvalue weighted by atomic mass is 16.3. The number of aromatic amines is 1. The molecule has 0 fully saturated rings. The number of hydrogen-bond acceptors (Lipinski definition) is 3. The Balaban J connectivity index is 2.31. The standard InChI is InChI=1S/C13H15N3O2/c1-2-16(10-4-3-5-11(17)7-10)13(18)12-6-9(14)8-15-12/h3-8,15,17H,2,14H2,1H3. The van der Waals surface area contributed by atoms with Gasteiger partial charge in [0.05, 0.1) is 0 Å². The number of aromatic nitrogens is 1. The van der Waals surface area contributed by atoms with Gasteiger partial charge in [0.1, 0.15) is 11.4 Å². The van der Waals surface area contributed by atoms with Gasteiger partial charge in [-0.25, -0.2) is 0 Å². The van der Waals surface area contributed by atoms with Crippen LogP contribution >= 0.6 is 0 Å². The molecule has 0 saturated heterocycles. The molecule has 0 spiro atoms. The largest absolute Gasteiger partial charge is 0.508 e. The van der Waals surface area contributed by atoms with Crippen LogP contribution in [0.4, 0.5) is 11.4 Å². The quantitative estimate of drug-likeness (QED) is 0.773. The number of H-pyrrole nitrogens is 1. The maximum Gasteiger partial charge on any atom is 0.274 e. The number of nitrogen functional groups attached to an aromatic ring is 1. The lowest BCUT2D eigenvalue weighted by atomic mass is 10.2. The van der Waals surface area contributed by atoms with E-state index in [1.165, 1.54) is 0 Å². The molecule has 5 heteroatoms. The summed E-state index contributed by atoms with van der Waals surface area (Å²) in [6.45, 7) is 2.37. The SMILES string of the molecule is CCN(C(=O)c1cc(N)c[nH]1)c1cccc(O)c1. The molecular formula is C13H15N3O2. The lowest BCUT2D eigenvalue weighted by Crippen LogP contribution is -2.30. The van der Waals surface area contributed by atoms with Gasteiger partial charge in [0.15, 0.2) is 0 Å². The third kappa shape index (κ3) is 2.29. The highest BCUT2D eigenvalue weighted by Gasteiger charge is 2.17. The van der Waals surface area contributed by atoms with Crippen molar-refractivity contribution in [2.45, 2.75) is 6.92 Å². The Labute approximate surface area is 105 Å². The van der Waals surface area contributed by atoms with Crippen molar-refractivity contribution in [2.24, 2.45) is 0 Å². The summed E-state index contributed by atoms with van der Waals surface area (Å²) < 4.78 is 0. The smallest absolute Gasteiger partial charge is 0.274 e. The number of rotatable bonds is 3. The molecule has 4 N–H and O–H groups in total. The first-order valence-electron chi connectivity index (χ1n) is 5.66. The van der Waals surface area contributed by atoms with E-state index in [2.05, 4.69) is 4.98 Å². The van der Waals surface area contributed by atoms with Crippen molar-refractivity contribution in [3.63, 3.8) is 0 Å². The fourth-order valence-corrected chi connectivity index (χ4v) is 1.78. The topological polar surface area (TPSA) is 82.3 Å². The summed E-state index contributed by atoms with van der Waals surface area (Å²) in [4.78, 5) is 16.6. The Hall–Kier alpha value is -2.43. The molecule has 0 aliphatic rings. The second kappa shape index (κ2) is 4.83. The minimum atomic E-state index is -0.181. The fraction of sp³-hybridized carbons (Fsp3) is 0.154. The van der Waals surface area contributed by atoms with Gasteiger partial charge in [-0.15, -0.1) is 0 Å². The number of carbonyl (C=O) groups excluding carboxylic acids is 1. The zero-order valence-electron chi connectivity index (χ0n) is 10.1. The second-order valence-corrected chi connectivity index (χ2v) is 3.92. The predicted octanol–water partition coefficient (Wildman–Crippen LogP) is 1.97. The van der Waals surface area contributed by atoms with Crippen LogP contribution in [0.5, 0.6) is 5.75 Å². The molecule has 2 aromatic rings. The average Bonchev–Trinajstić information content (AvgIpc) is 2.77. The summed E-state index contributed by atoms with van der Waals surface area (Å²) in [6.07, 6.45) is 1.57. The predicted molar refractivity (Wildman–Crippen MR) is 70.7 cm³/mol. The van der Waals surface area contributed by atoms with Crippen LogP contribution in [0.15, 0.2) is 36.5 Å². The number of nitrogens with zero attached hydrogens (tertiary/aromatic N) is 1. The zero-order valence-corrected chi connectivity index (χ0v) is 10.1. The van der Waals surface area contributed by atoms with Crippen LogP contribution in [0.3, 0.4) is 0 Å². The minimum absolute atomic E-state index is 0.129. The molecule has 0 atom stereocenters. The molecule has 1 heterocycles. The van der Waals surface area contributed by atoms with Gasteiger partial charge in [-0.3, -0.25) is 4.79 Å². The van der Waals surface area contributed by atoms with Gasteiger partial charge in [-0.05, 0) is 25.1 Å². The maximum absolute atomic E-state index is 12.3. The van der Waals surface area contributed by atoms with E-state index >= 15 is 0 Å². The van der Waals surface area contributed by atoms with E-state index in [9.17, 15) is 9.90 Å². The van der Waals surface area contributed by atoms with Gasteiger partial charge >= 0.3 is 0 Å². The zero-order chi connectivity index (χ0) is 13.1. The number of hydrogen-bond donors (Lipinski definition) is 3. The van der Waals surface area contributed by atoms with Gasteiger partial charge in [0.2, 0.25) is 0 Å². The van der Waals surface area contributed by atoms with Crippen LogP contribution in [-0.2, 0) is 0 Å². The summed E-state index contributed by atoms with van der Waals surface area (Å²) in [5.41, 5.74) is 7.17. The van der Waals surface area contributed by atoms with Crippen LogP contribution in [-0.4, -0.2) is 22.5 Å². The Morgan fingerprint density at radius 2 is 2.22 bits per heavy atom. The van der Waals surface area contributed by atoms with Crippen molar-refractivity contribution in [3.05, 3.63) is 42.2 Å². The molecule has 94 valence electrons. The maximum atomic E-state index is 12.3. The average molecular weight is 245 g/mol. The number of benzene rings is 1. The number of nitrogens with two attached hydrogens (primary N) is 1. The molecule has 2 rings (SSSR count). The van der Waals surface area contributed by atoms with Crippen LogP contribution in [0, 0.1) is 0 Å². The Bertz CT molecular complexity index is 563. The van der Waals surface area contributed by atoms with Crippen molar-refractivity contribution < 1.29 is 9.90 Å². The molecule has 0 aliphatic carbocycles. The van der Waals surface area contributed by atoms with Gasteiger partial charge in [0.25, 0.3) is 5.91 Å². The van der Waals surface area contributed by atoms with Crippen molar-refractivity contribution in [1.29, 1.82) is 0 Å². The van der Waals surface area contributed by atoms with Crippen molar-refractivity contribution in [2.75, 3.05) is 17.2 Å². The Morgan fingerprint density at radius 3 is 2.78 bits per heavy atom. The summed E-state index contributed by atoms with van der Waals surface area (Å²) in [5.74, 6) is -0.0513. The fourth-order valence-electron chi connectivity index (χ4n) is 1.78. The van der Waals surface area contributed by atoms with Crippen molar-refractivity contribution in [3.8, 4) is 5.75 Å². The summed E-state index contributed by atoms with van der Waals surface area (Å²) in [5, 5.41) is 9.45.